The van der Waals surface area contributed by atoms with Crippen LogP contribution in [0, 0.1) is 0 Å². The number of aromatic nitrogens is 1. The third-order valence-electron chi connectivity index (χ3n) is 1.76. The van der Waals surface area contributed by atoms with Crippen LogP contribution in [0.25, 0.3) is 0 Å². The van der Waals surface area contributed by atoms with Gasteiger partial charge in [-0.15, -0.1) is 11.6 Å². The highest BCUT2D eigenvalue weighted by atomic mass is 79.9. The number of nitrogens with one attached hydrogen (secondary N) is 1. The second-order valence-corrected chi connectivity index (χ2v) is 3.97. The predicted molar refractivity (Wildman–Crippen MR) is 55.7 cm³/mol. The number of carbonyl (C=O) groups is 1. The van der Waals surface area contributed by atoms with Crippen molar-refractivity contribution in [3.8, 4) is 5.75 Å². The summed E-state index contributed by atoms with van der Waals surface area (Å²) in [5.41, 5.74) is 0. The molecule has 2 heterocycles. The van der Waals surface area contributed by atoms with Gasteiger partial charge in [0.1, 0.15) is 0 Å². The van der Waals surface area contributed by atoms with Gasteiger partial charge < -0.3 is 10.1 Å². The monoisotopic (exact) mass is 276 g/mol. The molecule has 14 heavy (non-hydrogen) atoms. The van der Waals surface area contributed by atoms with Crippen molar-refractivity contribution in [2.75, 3.05) is 11.2 Å². The van der Waals surface area contributed by atoms with Gasteiger partial charge in [-0.2, -0.15) is 0 Å². The third kappa shape index (κ3) is 1.69. The van der Waals surface area contributed by atoms with Gasteiger partial charge in [0.2, 0.25) is 0 Å². The molecule has 1 amide bonds. The molecule has 6 heteroatoms. The molecule has 2 rings (SSSR count). The summed E-state index contributed by atoms with van der Waals surface area (Å²) in [5, 5.41) is 2.61. The van der Waals surface area contributed by atoms with Crippen LogP contribution in [0.15, 0.2) is 16.7 Å². The molecule has 1 N–H and O–H groups in total. The van der Waals surface area contributed by atoms with Crippen LogP contribution in [0.2, 0.25) is 0 Å². The van der Waals surface area contributed by atoms with Crippen molar-refractivity contribution < 1.29 is 9.53 Å². The molecule has 1 unspecified atom stereocenters. The van der Waals surface area contributed by atoms with Crippen LogP contribution in [0.1, 0.15) is 0 Å². The Balaban J connectivity index is 2.36. The average molecular weight is 278 g/mol. The summed E-state index contributed by atoms with van der Waals surface area (Å²) < 4.78 is 6.13. The highest BCUT2D eigenvalue weighted by Gasteiger charge is 2.27. The molecule has 4 nitrogen and oxygen atoms in total. The molecule has 0 bridgehead atoms. The lowest BCUT2D eigenvalue weighted by Crippen LogP contribution is -2.38. The maximum atomic E-state index is 11.3. The Morgan fingerprint density at radius 1 is 1.71 bits per heavy atom. The summed E-state index contributed by atoms with van der Waals surface area (Å²) in [6.07, 6.45) is 0.948. The number of carbonyl (C=O) groups excluding carboxylic acids is 1. The first kappa shape index (κ1) is 9.73. The summed E-state index contributed by atoms with van der Waals surface area (Å²) in [4.78, 5) is 15.3. The molecular formula is C8H6BrClN2O2. The van der Waals surface area contributed by atoms with E-state index in [1.807, 2.05) is 0 Å². The van der Waals surface area contributed by atoms with Crippen molar-refractivity contribution in [2.45, 2.75) is 6.10 Å². The summed E-state index contributed by atoms with van der Waals surface area (Å²) in [7, 11) is 0. The maximum absolute atomic E-state index is 11.3. The van der Waals surface area contributed by atoms with Crippen LogP contribution >= 0.6 is 27.5 Å². The van der Waals surface area contributed by atoms with E-state index in [0.717, 1.165) is 4.47 Å². The number of halogens is 2. The Morgan fingerprint density at radius 3 is 3.21 bits per heavy atom. The molecular weight excluding hydrogens is 271 g/mol. The zero-order valence-electron chi connectivity index (χ0n) is 6.96. The van der Waals surface area contributed by atoms with Gasteiger partial charge in [-0.1, -0.05) is 0 Å². The minimum absolute atomic E-state index is 0.123. The summed E-state index contributed by atoms with van der Waals surface area (Å²) in [6.45, 7) is 0. The number of rotatable bonds is 1. The Hall–Kier alpha value is -0.810. The predicted octanol–water partition coefficient (Wildman–Crippen LogP) is 1.78. The van der Waals surface area contributed by atoms with E-state index >= 15 is 0 Å². The Bertz CT molecular complexity index is 386. The van der Waals surface area contributed by atoms with E-state index in [0.29, 0.717) is 11.6 Å². The minimum Gasteiger partial charge on any atom is -0.475 e. The lowest BCUT2D eigenvalue weighted by Gasteiger charge is -2.23. The number of hydrogen-bond acceptors (Lipinski definition) is 3. The highest BCUT2D eigenvalue weighted by molar-refractivity contribution is 9.10. The Labute approximate surface area is 93.7 Å². The molecule has 1 atom stereocenters. The zero-order chi connectivity index (χ0) is 10.1. The van der Waals surface area contributed by atoms with Crippen molar-refractivity contribution >= 4 is 39.3 Å². The SMILES string of the molecule is O=C1Nc2ncc(Br)cc2OC1CCl. The number of ether oxygens (including phenoxy) is 1. The van der Waals surface area contributed by atoms with E-state index in [1.54, 1.807) is 12.3 Å². The average Bonchev–Trinajstić information content (AvgIpc) is 2.17. The zero-order valence-corrected chi connectivity index (χ0v) is 9.30. The Kier molecular flexibility index (Phi) is 2.60. The van der Waals surface area contributed by atoms with Crippen LogP contribution < -0.4 is 10.1 Å². The molecule has 0 aromatic carbocycles. The first-order valence-corrected chi connectivity index (χ1v) is 5.22. The van der Waals surface area contributed by atoms with Gasteiger partial charge in [0, 0.05) is 10.7 Å². The normalized spacial score (nSPS) is 19.6. The second kappa shape index (κ2) is 3.74. The lowest BCUT2D eigenvalue weighted by atomic mass is 10.3. The molecule has 1 aliphatic rings. The van der Waals surface area contributed by atoms with E-state index in [9.17, 15) is 4.79 Å². The van der Waals surface area contributed by atoms with Gasteiger partial charge in [-0.3, -0.25) is 4.79 Å². The van der Waals surface area contributed by atoms with Crippen molar-refractivity contribution in [3.63, 3.8) is 0 Å². The van der Waals surface area contributed by atoms with E-state index in [4.69, 9.17) is 16.3 Å². The van der Waals surface area contributed by atoms with Crippen molar-refractivity contribution in [2.24, 2.45) is 0 Å². The fourth-order valence-corrected chi connectivity index (χ4v) is 1.62. The fourth-order valence-electron chi connectivity index (χ4n) is 1.11. The van der Waals surface area contributed by atoms with Gasteiger partial charge in [-0.05, 0) is 22.0 Å². The highest BCUT2D eigenvalue weighted by Crippen LogP contribution is 2.29. The quantitative estimate of drug-likeness (QED) is 0.796. The Morgan fingerprint density at radius 2 is 2.50 bits per heavy atom. The van der Waals surface area contributed by atoms with E-state index in [-0.39, 0.29) is 11.8 Å². The molecule has 0 radical (unpaired) electrons. The third-order valence-corrected chi connectivity index (χ3v) is 2.48. The smallest absolute Gasteiger partial charge is 0.267 e. The van der Waals surface area contributed by atoms with Gasteiger partial charge in [0.05, 0.1) is 5.88 Å². The van der Waals surface area contributed by atoms with Crippen molar-refractivity contribution in [1.29, 1.82) is 0 Å². The number of alkyl halides is 1. The molecule has 0 saturated heterocycles. The van der Waals surface area contributed by atoms with Crippen LogP contribution in [-0.2, 0) is 4.79 Å². The minimum atomic E-state index is -0.639. The van der Waals surface area contributed by atoms with Crippen LogP contribution in [0.4, 0.5) is 5.82 Å². The van der Waals surface area contributed by atoms with E-state index in [2.05, 4.69) is 26.2 Å². The number of fused-ring (bicyclic) bond motifs is 1. The molecule has 0 saturated carbocycles. The van der Waals surface area contributed by atoms with Gasteiger partial charge in [-0.25, -0.2) is 4.98 Å². The van der Waals surface area contributed by atoms with Crippen molar-refractivity contribution in [3.05, 3.63) is 16.7 Å². The van der Waals surface area contributed by atoms with Gasteiger partial charge in [0.25, 0.3) is 5.91 Å². The molecule has 1 aliphatic heterocycles. The largest absolute Gasteiger partial charge is 0.475 e. The topological polar surface area (TPSA) is 51.2 Å². The molecule has 1 aromatic rings. The van der Waals surface area contributed by atoms with E-state index < -0.39 is 6.10 Å². The molecule has 1 aromatic heterocycles. The molecule has 0 fully saturated rings. The number of nitrogens with zero attached hydrogens (tertiary/aromatic N) is 1. The molecule has 74 valence electrons. The summed E-state index contributed by atoms with van der Waals surface area (Å²) >= 11 is 8.82. The number of hydrogen-bond donors (Lipinski definition) is 1. The van der Waals surface area contributed by atoms with Crippen molar-refractivity contribution in [1.82, 2.24) is 4.98 Å². The number of anilines is 1. The van der Waals surface area contributed by atoms with Gasteiger partial charge >= 0.3 is 0 Å². The molecule has 0 spiro atoms. The van der Waals surface area contributed by atoms with Gasteiger partial charge in [0.15, 0.2) is 17.7 Å². The first-order chi connectivity index (χ1) is 6.70. The fraction of sp³-hybridized carbons (Fsp3) is 0.250. The first-order valence-electron chi connectivity index (χ1n) is 3.89. The van der Waals surface area contributed by atoms with Crippen LogP contribution in [0.3, 0.4) is 0 Å². The molecule has 0 aliphatic carbocycles. The number of pyridine rings is 1. The van der Waals surface area contributed by atoms with Crippen LogP contribution in [-0.4, -0.2) is 22.9 Å². The maximum Gasteiger partial charge on any atom is 0.267 e. The lowest BCUT2D eigenvalue weighted by molar-refractivity contribution is -0.122. The standard InChI is InChI=1S/C8H6BrClN2O2/c9-4-1-5-7(11-3-4)12-8(13)6(2-10)14-5/h1,3,6H,2H2,(H,11,12,13). The van der Waals surface area contributed by atoms with E-state index in [1.165, 1.54) is 0 Å². The van der Waals surface area contributed by atoms with Crippen LogP contribution in [0.5, 0.6) is 5.75 Å². The second-order valence-electron chi connectivity index (χ2n) is 2.75. The summed E-state index contributed by atoms with van der Waals surface area (Å²) in [6, 6.07) is 1.74. The number of amides is 1. The summed E-state index contributed by atoms with van der Waals surface area (Å²) in [5.74, 6) is 0.823.